The molecule has 1 heterocycles. The minimum atomic E-state index is -0.691. The van der Waals surface area contributed by atoms with E-state index in [0.717, 1.165) is 17.0 Å². The summed E-state index contributed by atoms with van der Waals surface area (Å²) in [4.78, 5) is 15.8. The summed E-state index contributed by atoms with van der Waals surface area (Å²) in [6, 6.07) is 7.61. The molecule has 0 bridgehead atoms. The zero-order chi connectivity index (χ0) is 14.5. The Morgan fingerprint density at radius 3 is 2.65 bits per heavy atom. The minimum absolute atomic E-state index is 0.141. The third-order valence-corrected chi connectivity index (χ3v) is 3.19. The SMILES string of the molecule is Cc1ccc([C@@H](O)CNC(=O)Cn2ccnc2C)cc1. The lowest BCUT2D eigenvalue weighted by atomic mass is 10.1. The van der Waals surface area contributed by atoms with Crippen LogP contribution in [0.5, 0.6) is 0 Å². The van der Waals surface area contributed by atoms with E-state index in [-0.39, 0.29) is 19.0 Å². The maximum Gasteiger partial charge on any atom is 0.240 e. The summed E-state index contributed by atoms with van der Waals surface area (Å²) in [5, 5.41) is 12.7. The predicted octanol–water partition coefficient (Wildman–Crippen LogP) is 1.35. The van der Waals surface area contributed by atoms with E-state index >= 15 is 0 Å². The molecular formula is C15H19N3O2. The number of benzene rings is 1. The van der Waals surface area contributed by atoms with Crippen LogP contribution in [0.25, 0.3) is 0 Å². The van der Waals surface area contributed by atoms with Gasteiger partial charge in [0.05, 0.1) is 6.10 Å². The number of amides is 1. The molecule has 0 fully saturated rings. The first-order valence-corrected chi connectivity index (χ1v) is 6.55. The first kappa shape index (κ1) is 14.3. The number of aryl methyl sites for hydroxylation is 2. The number of aliphatic hydroxyl groups is 1. The number of hydrogen-bond donors (Lipinski definition) is 2. The highest BCUT2D eigenvalue weighted by Crippen LogP contribution is 2.12. The van der Waals surface area contributed by atoms with E-state index < -0.39 is 6.10 Å². The smallest absolute Gasteiger partial charge is 0.240 e. The summed E-state index contributed by atoms with van der Waals surface area (Å²) in [5.41, 5.74) is 1.94. The highest BCUT2D eigenvalue weighted by atomic mass is 16.3. The molecule has 1 aromatic carbocycles. The lowest BCUT2D eigenvalue weighted by Crippen LogP contribution is -2.31. The van der Waals surface area contributed by atoms with Crippen LogP contribution in [0.15, 0.2) is 36.7 Å². The number of imidazole rings is 1. The number of hydrogen-bond acceptors (Lipinski definition) is 3. The van der Waals surface area contributed by atoms with Crippen molar-refractivity contribution in [1.82, 2.24) is 14.9 Å². The maximum absolute atomic E-state index is 11.8. The van der Waals surface area contributed by atoms with Crippen molar-refractivity contribution in [2.24, 2.45) is 0 Å². The van der Waals surface area contributed by atoms with Crippen molar-refractivity contribution >= 4 is 5.91 Å². The highest BCUT2D eigenvalue weighted by molar-refractivity contribution is 5.75. The Morgan fingerprint density at radius 2 is 2.05 bits per heavy atom. The predicted molar refractivity (Wildman–Crippen MR) is 76.1 cm³/mol. The molecule has 0 saturated carbocycles. The molecular weight excluding hydrogens is 254 g/mol. The van der Waals surface area contributed by atoms with Gasteiger partial charge in [0, 0.05) is 18.9 Å². The van der Waals surface area contributed by atoms with Crippen LogP contribution in [0.1, 0.15) is 23.1 Å². The van der Waals surface area contributed by atoms with Crippen LogP contribution in [0.2, 0.25) is 0 Å². The molecule has 1 atom stereocenters. The van der Waals surface area contributed by atoms with Gasteiger partial charge < -0.3 is 15.0 Å². The summed E-state index contributed by atoms with van der Waals surface area (Å²) in [6.45, 7) is 4.25. The number of carbonyl (C=O) groups excluding carboxylic acids is 1. The third kappa shape index (κ3) is 3.68. The molecule has 2 aromatic rings. The first-order chi connectivity index (χ1) is 9.56. The van der Waals surface area contributed by atoms with Crippen LogP contribution >= 0.6 is 0 Å². The van der Waals surface area contributed by atoms with E-state index in [1.165, 1.54) is 0 Å². The molecule has 0 unspecified atom stereocenters. The Bertz CT molecular complexity index is 575. The lowest BCUT2D eigenvalue weighted by molar-refractivity contribution is -0.122. The van der Waals surface area contributed by atoms with Crippen molar-refractivity contribution in [3.8, 4) is 0 Å². The standard InChI is InChI=1S/C15H19N3O2/c1-11-3-5-13(6-4-11)14(19)9-17-15(20)10-18-8-7-16-12(18)2/h3-8,14,19H,9-10H2,1-2H3,(H,17,20)/t14-/m0/s1. The molecule has 1 aromatic heterocycles. The van der Waals surface area contributed by atoms with E-state index in [9.17, 15) is 9.90 Å². The second-order valence-electron chi connectivity index (χ2n) is 4.83. The molecule has 2 rings (SSSR count). The first-order valence-electron chi connectivity index (χ1n) is 6.55. The second kappa shape index (κ2) is 6.34. The fraction of sp³-hybridized carbons (Fsp3) is 0.333. The van der Waals surface area contributed by atoms with Crippen molar-refractivity contribution in [3.63, 3.8) is 0 Å². The van der Waals surface area contributed by atoms with Gasteiger partial charge in [0.2, 0.25) is 5.91 Å². The van der Waals surface area contributed by atoms with E-state index in [2.05, 4.69) is 10.3 Å². The summed E-state index contributed by atoms with van der Waals surface area (Å²) >= 11 is 0. The molecule has 0 spiro atoms. The maximum atomic E-state index is 11.8. The topological polar surface area (TPSA) is 67.2 Å². The van der Waals surface area contributed by atoms with Gasteiger partial charge >= 0.3 is 0 Å². The number of carbonyl (C=O) groups is 1. The van der Waals surface area contributed by atoms with Gasteiger partial charge in [-0.3, -0.25) is 4.79 Å². The van der Waals surface area contributed by atoms with Gasteiger partial charge in [-0.25, -0.2) is 4.98 Å². The average molecular weight is 273 g/mol. The van der Waals surface area contributed by atoms with Gasteiger partial charge in [-0.1, -0.05) is 29.8 Å². The lowest BCUT2D eigenvalue weighted by Gasteiger charge is -2.13. The summed E-state index contributed by atoms with van der Waals surface area (Å²) < 4.78 is 1.76. The van der Waals surface area contributed by atoms with Gasteiger partial charge in [0.25, 0.3) is 0 Å². The molecule has 5 nitrogen and oxygen atoms in total. The highest BCUT2D eigenvalue weighted by Gasteiger charge is 2.10. The Hall–Kier alpha value is -2.14. The molecule has 0 radical (unpaired) electrons. The zero-order valence-electron chi connectivity index (χ0n) is 11.7. The molecule has 0 saturated heterocycles. The molecule has 2 N–H and O–H groups in total. The van der Waals surface area contributed by atoms with Gasteiger partial charge in [-0.2, -0.15) is 0 Å². The molecule has 0 aliphatic rings. The summed E-state index contributed by atoms with van der Waals surface area (Å²) in [5.74, 6) is 0.650. The number of rotatable bonds is 5. The van der Waals surface area contributed by atoms with E-state index in [1.807, 2.05) is 38.1 Å². The second-order valence-corrected chi connectivity index (χ2v) is 4.83. The van der Waals surface area contributed by atoms with E-state index in [1.54, 1.807) is 17.0 Å². The van der Waals surface area contributed by atoms with Crippen LogP contribution in [-0.2, 0) is 11.3 Å². The van der Waals surface area contributed by atoms with E-state index in [4.69, 9.17) is 0 Å². The van der Waals surface area contributed by atoms with Gasteiger partial charge in [0.15, 0.2) is 0 Å². The number of nitrogens with zero attached hydrogens (tertiary/aromatic N) is 2. The summed E-state index contributed by atoms with van der Waals surface area (Å²) in [7, 11) is 0. The zero-order valence-corrected chi connectivity index (χ0v) is 11.7. The Labute approximate surface area is 118 Å². The fourth-order valence-corrected chi connectivity index (χ4v) is 1.90. The molecule has 5 heteroatoms. The van der Waals surface area contributed by atoms with Crippen LogP contribution in [0, 0.1) is 13.8 Å². The largest absolute Gasteiger partial charge is 0.387 e. The normalized spacial score (nSPS) is 12.2. The van der Waals surface area contributed by atoms with Crippen LogP contribution < -0.4 is 5.32 Å². The Morgan fingerprint density at radius 1 is 1.35 bits per heavy atom. The van der Waals surface area contributed by atoms with Gasteiger partial charge in [0.1, 0.15) is 12.4 Å². The molecule has 1 amide bonds. The van der Waals surface area contributed by atoms with Crippen molar-refractivity contribution in [2.45, 2.75) is 26.5 Å². The number of nitrogens with one attached hydrogen (secondary N) is 1. The van der Waals surface area contributed by atoms with E-state index in [0.29, 0.717) is 0 Å². The molecule has 106 valence electrons. The number of aromatic nitrogens is 2. The number of aliphatic hydroxyl groups excluding tert-OH is 1. The van der Waals surface area contributed by atoms with Crippen LogP contribution in [0.3, 0.4) is 0 Å². The third-order valence-electron chi connectivity index (χ3n) is 3.19. The summed E-state index contributed by atoms with van der Waals surface area (Å²) in [6.07, 6.45) is 2.72. The minimum Gasteiger partial charge on any atom is -0.387 e. The fourth-order valence-electron chi connectivity index (χ4n) is 1.90. The molecule has 20 heavy (non-hydrogen) atoms. The van der Waals surface area contributed by atoms with Gasteiger partial charge in [-0.15, -0.1) is 0 Å². The molecule has 0 aliphatic heterocycles. The Kier molecular flexibility index (Phi) is 4.53. The van der Waals surface area contributed by atoms with Crippen molar-refractivity contribution in [1.29, 1.82) is 0 Å². The van der Waals surface area contributed by atoms with Crippen LogP contribution in [0.4, 0.5) is 0 Å². The quantitative estimate of drug-likeness (QED) is 0.864. The van der Waals surface area contributed by atoms with Crippen molar-refractivity contribution in [3.05, 3.63) is 53.6 Å². The molecule has 0 aliphatic carbocycles. The van der Waals surface area contributed by atoms with Crippen molar-refractivity contribution in [2.75, 3.05) is 6.54 Å². The average Bonchev–Trinajstić information content (AvgIpc) is 2.82. The Balaban J connectivity index is 1.84. The monoisotopic (exact) mass is 273 g/mol. The van der Waals surface area contributed by atoms with Gasteiger partial charge in [-0.05, 0) is 19.4 Å². The van der Waals surface area contributed by atoms with Crippen molar-refractivity contribution < 1.29 is 9.90 Å². The van der Waals surface area contributed by atoms with Crippen LogP contribution in [-0.4, -0.2) is 27.1 Å².